The molecule has 0 amide bonds. The second-order valence-corrected chi connectivity index (χ2v) is 7.18. The summed E-state index contributed by atoms with van der Waals surface area (Å²) in [6.07, 6.45) is 6.92. The van der Waals surface area contributed by atoms with E-state index in [9.17, 15) is 0 Å². The van der Waals surface area contributed by atoms with Crippen molar-refractivity contribution in [3.8, 4) is 0 Å². The van der Waals surface area contributed by atoms with Gasteiger partial charge in [0, 0.05) is 51.0 Å². The van der Waals surface area contributed by atoms with Gasteiger partial charge in [-0.1, -0.05) is 25.1 Å². The van der Waals surface area contributed by atoms with Crippen LogP contribution in [0.3, 0.4) is 0 Å². The number of guanidine groups is 1. The molecule has 1 saturated heterocycles. The summed E-state index contributed by atoms with van der Waals surface area (Å²) in [5.41, 5.74) is 1.31. The average molecular weight is 483 g/mol. The SMILES string of the molecule is CCCN1CCC(NC(=NC)NCCCn2ccc3ccccc32)CC1.I. The lowest BCUT2D eigenvalue weighted by molar-refractivity contribution is 0.206. The number of aliphatic imine (C=N–C) groups is 1. The minimum atomic E-state index is 0. The molecule has 0 bridgehead atoms. The van der Waals surface area contributed by atoms with Crippen LogP contribution in [0.1, 0.15) is 32.6 Å². The van der Waals surface area contributed by atoms with Crippen molar-refractivity contribution < 1.29 is 0 Å². The van der Waals surface area contributed by atoms with Gasteiger partial charge in [0.2, 0.25) is 0 Å². The van der Waals surface area contributed by atoms with Gasteiger partial charge in [-0.3, -0.25) is 4.99 Å². The Hall–Kier alpha value is -1.28. The van der Waals surface area contributed by atoms with Gasteiger partial charge in [0.05, 0.1) is 0 Å². The van der Waals surface area contributed by atoms with E-state index in [2.05, 4.69) is 68.5 Å². The number of nitrogens with one attached hydrogen (secondary N) is 2. The molecule has 2 heterocycles. The molecule has 6 heteroatoms. The molecule has 1 aromatic heterocycles. The first-order valence-electron chi connectivity index (χ1n) is 10.0. The second kappa shape index (κ2) is 11.5. The van der Waals surface area contributed by atoms with Gasteiger partial charge >= 0.3 is 0 Å². The number of nitrogens with zero attached hydrogens (tertiary/aromatic N) is 3. The van der Waals surface area contributed by atoms with E-state index in [0.717, 1.165) is 25.5 Å². The van der Waals surface area contributed by atoms with Crippen molar-refractivity contribution in [2.45, 2.75) is 45.2 Å². The molecule has 0 aliphatic carbocycles. The molecule has 1 aromatic carbocycles. The smallest absolute Gasteiger partial charge is 0.191 e. The van der Waals surface area contributed by atoms with Crippen LogP contribution in [0.2, 0.25) is 0 Å². The highest BCUT2D eigenvalue weighted by Gasteiger charge is 2.19. The van der Waals surface area contributed by atoms with E-state index in [0.29, 0.717) is 6.04 Å². The Morgan fingerprint density at radius 1 is 1.15 bits per heavy atom. The van der Waals surface area contributed by atoms with Crippen molar-refractivity contribution in [2.75, 3.05) is 33.2 Å². The number of para-hydroxylation sites is 1. The van der Waals surface area contributed by atoms with Crippen molar-refractivity contribution in [2.24, 2.45) is 4.99 Å². The molecule has 1 fully saturated rings. The van der Waals surface area contributed by atoms with Crippen molar-refractivity contribution in [1.29, 1.82) is 0 Å². The minimum Gasteiger partial charge on any atom is -0.356 e. The highest BCUT2D eigenvalue weighted by atomic mass is 127. The molecule has 0 spiro atoms. The zero-order valence-electron chi connectivity index (χ0n) is 16.7. The number of hydrogen-bond donors (Lipinski definition) is 2. The Labute approximate surface area is 180 Å². The van der Waals surface area contributed by atoms with Crippen LogP contribution in [0.5, 0.6) is 0 Å². The van der Waals surface area contributed by atoms with E-state index in [1.165, 1.54) is 49.8 Å². The molecular weight excluding hydrogens is 449 g/mol. The lowest BCUT2D eigenvalue weighted by Crippen LogP contribution is -2.48. The van der Waals surface area contributed by atoms with Crippen LogP contribution in [0.4, 0.5) is 0 Å². The standard InChI is InChI=1S/C21H33N5.HI/c1-3-13-25-15-10-19(11-16-25)24-21(22-2)23-12-6-14-26-17-9-18-7-4-5-8-20(18)26;/h4-5,7-9,17,19H,3,6,10-16H2,1-2H3,(H2,22,23,24);1H. The van der Waals surface area contributed by atoms with Crippen LogP contribution in [0, 0.1) is 0 Å². The van der Waals surface area contributed by atoms with E-state index in [1.54, 1.807) is 0 Å². The maximum Gasteiger partial charge on any atom is 0.191 e. The third-order valence-corrected chi connectivity index (χ3v) is 5.24. The summed E-state index contributed by atoms with van der Waals surface area (Å²) in [5.74, 6) is 0.941. The van der Waals surface area contributed by atoms with Crippen molar-refractivity contribution in [1.82, 2.24) is 20.1 Å². The van der Waals surface area contributed by atoms with Crippen LogP contribution in [0.25, 0.3) is 10.9 Å². The Morgan fingerprint density at radius 2 is 1.93 bits per heavy atom. The highest BCUT2D eigenvalue weighted by molar-refractivity contribution is 14.0. The van der Waals surface area contributed by atoms with Crippen LogP contribution in [-0.2, 0) is 6.54 Å². The minimum absolute atomic E-state index is 0. The molecular formula is C21H34IN5. The normalized spacial score (nSPS) is 16.3. The second-order valence-electron chi connectivity index (χ2n) is 7.18. The highest BCUT2D eigenvalue weighted by Crippen LogP contribution is 2.15. The van der Waals surface area contributed by atoms with Crippen LogP contribution >= 0.6 is 24.0 Å². The molecule has 27 heavy (non-hydrogen) atoms. The zero-order valence-corrected chi connectivity index (χ0v) is 19.0. The largest absolute Gasteiger partial charge is 0.356 e. The first-order chi connectivity index (χ1) is 12.8. The number of aromatic nitrogens is 1. The predicted molar refractivity (Wildman–Crippen MR) is 126 cm³/mol. The summed E-state index contributed by atoms with van der Waals surface area (Å²) in [5, 5.41) is 8.38. The van der Waals surface area contributed by atoms with E-state index in [-0.39, 0.29) is 24.0 Å². The van der Waals surface area contributed by atoms with E-state index < -0.39 is 0 Å². The third-order valence-electron chi connectivity index (χ3n) is 5.24. The Bertz CT molecular complexity index is 703. The van der Waals surface area contributed by atoms with Crippen LogP contribution in [0.15, 0.2) is 41.5 Å². The van der Waals surface area contributed by atoms with Gasteiger partial charge in [-0.25, -0.2) is 0 Å². The van der Waals surface area contributed by atoms with Gasteiger partial charge in [0.15, 0.2) is 5.96 Å². The van der Waals surface area contributed by atoms with Crippen molar-refractivity contribution >= 4 is 40.8 Å². The first-order valence-corrected chi connectivity index (χ1v) is 10.0. The number of aryl methyl sites for hydroxylation is 1. The molecule has 150 valence electrons. The Kier molecular flexibility index (Phi) is 9.41. The van der Waals surface area contributed by atoms with E-state index >= 15 is 0 Å². The fourth-order valence-electron chi connectivity index (χ4n) is 3.80. The molecule has 3 rings (SSSR count). The predicted octanol–water partition coefficient (Wildman–Crippen LogP) is 3.69. The summed E-state index contributed by atoms with van der Waals surface area (Å²) in [6, 6.07) is 11.3. The number of fused-ring (bicyclic) bond motifs is 1. The van der Waals surface area contributed by atoms with Crippen LogP contribution < -0.4 is 10.6 Å². The summed E-state index contributed by atoms with van der Waals surface area (Å²) in [6.45, 7) is 7.83. The number of benzene rings is 1. The number of hydrogen-bond acceptors (Lipinski definition) is 2. The lowest BCUT2D eigenvalue weighted by atomic mass is 10.1. The van der Waals surface area contributed by atoms with Gasteiger partial charge in [-0.2, -0.15) is 0 Å². The average Bonchev–Trinajstić information content (AvgIpc) is 3.09. The van der Waals surface area contributed by atoms with Gasteiger partial charge in [-0.05, 0) is 49.7 Å². The molecule has 1 aliphatic heterocycles. The maximum absolute atomic E-state index is 4.40. The molecule has 0 saturated carbocycles. The maximum atomic E-state index is 4.40. The molecule has 2 aromatic rings. The quantitative estimate of drug-likeness (QED) is 0.273. The first kappa shape index (κ1) is 22.0. The molecule has 0 radical (unpaired) electrons. The molecule has 0 unspecified atom stereocenters. The molecule has 1 aliphatic rings. The Balaban J connectivity index is 0.00000261. The molecule has 5 nitrogen and oxygen atoms in total. The number of piperidine rings is 1. The number of rotatable bonds is 7. The van der Waals surface area contributed by atoms with Gasteiger partial charge < -0.3 is 20.1 Å². The van der Waals surface area contributed by atoms with Crippen molar-refractivity contribution in [3.05, 3.63) is 36.5 Å². The van der Waals surface area contributed by atoms with Gasteiger partial charge in [-0.15, -0.1) is 24.0 Å². The topological polar surface area (TPSA) is 44.6 Å². The summed E-state index contributed by atoms with van der Waals surface area (Å²) >= 11 is 0. The molecule has 2 N–H and O–H groups in total. The Morgan fingerprint density at radius 3 is 2.67 bits per heavy atom. The van der Waals surface area contributed by atoms with E-state index in [4.69, 9.17) is 0 Å². The van der Waals surface area contributed by atoms with Crippen molar-refractivity contribution in [3.63, 3.8) is 0 Å². The zero-order chi connectivity index (χ0) is 18.2. The fourth-order valence-corrected chi connectivity index (χ4v) is 3.80. The summed E-state index contributed by atoms with van der Waals surface area (Å²) in [4.78, 5) is 6.96. The van der Waals surface area contributed by atoms with E-state index in [1.807, 2.05) is 7.05 Å². The third kappa shape index (κ3) is 6.38. The summed E-state index contributed by atoms with van der Waals surface area (Å²) in [7, 11) is 1.86. The van der Waals surface area contributed by atoms with Gasteiger partial charge in [0.25, 0.3) is 0 Å². The monoisotopic (exact) mass is 483 g/mol. The summed E-state index contributed by atoms with van der Waals surface area (Å²) < 4.78 is 2.33. The number of likely N-dealkylation sites (tertiary alicyclic amines) is 1. The van der Waals surface area contributed by atoms with Crippen LogP contribution in [-0.4, -0.2) is 54.7 Å². The van der Waals surface area contributed by atoms with Gasteiger partial charge in [0.1, 0.15) is 0 Å². The molecule has 0 atom stereocenters. The lowest BCUT2D eigenvalue weighted by Gasteiger charge is -2.32. The fraction of sp³-hybridized carbons (Fsp3) is 0.571. The number of halogens is 1.